The molecule has 4 atom stereocenters. The number of hydrogen-bond donors (Lipinski definition) is 1. The number of fused-ring (bicyclic) bond motifs is 1. The largest absolute Gasteiger partial charge is 0.497 e. The minimum absolute atomic E-state index is 0.0115. The van der Waals surface area contributed by atoms with Crippen molar-refractivity contribution in [2.24, 2.45) is 5.92 Å². The van der Waals surface area contributed by atoms with Gasteiger partial charge >= 0.3 is 0 Å². The van der Waals surface area contributed by atoms with Crippen LogP contribution in [0.25, 0.3) is 0 Å². The molecule has 1 amide bonds. The molecular formula is C25H32N2O3. The number of likely N-dealkylation sites (tertiary alicyclic amines) is 1. The second kappa shape index (κ2) is 8.78. The van der Waals surface area contributed by atoms with Crippen LogP contribution in [-0.4, -0.2) is 57.3 Å². The number of ether oxygens (including phenoxy) is 2. The standard InChI is InChI=1S/C25H32N2O3/c1-27-13-12-25(19-10-7-11-21(14-19)29-2)16-20(15-23(30-3)22(25)17-27)26-24(28)18-8-5-4-6-9-18/h4-11,14,20,22-23H,12-13,15-17H2,1-3H3,(H,26,28)/t20-,22?,23?,25?/m1/s1. The zero-order valence-electron chi connectivity index (χ0n) is 18.1. The normalized spacial score (nSPS) is 29.1. The van der Waals surface area contributed by atoms with Gasteiger partial charge in [0.1, 0.15) is 5.75 Å². The molecule has 1 heterocycles. The molecule has 30 heavy (non-hydrogen) atoms. The van der Waals surface area contributed by atoms with Gasteiger partial charge in [-0.15, -0.1) is 0 Å². The van der Waals surface area contributed by atoms with Gasteiger partial charge in [-0.05, 0) is 62.7 Å². The van der Waals surface area contributed by atoms with Crippen molar-refractivity contribution in [2.45, 2.75) is 36.8 Å². The van der Waals surface area contributed by atoms with Crippen LogP contribution < -0.4 is 10.1 Å². The van der Waals surface area contributed by atoms with Crippen LogP contribution in [0, 0.1) is 5.92 Å². The van der Waals surface area contributed by atoms with E-state index in [0.29, 0.717) is 11.5 Å². The quantitative estimate of drug-likeness (QED) is 0.823. The van der Waals surface area contributed by atoms with E-state index in [1.165, 1.54) is 5.56 Å². The summed E-state index contributed by atoms with van der Waals surface area (Å²) in [6, 6.07) is 18.0. The second-order valence-electron chi connectivity index (χ2n) is 8.76. The third-order valence-electron chi connectivity index (χ3n) is 7.05. The maximum Gasteiger partial charge on any atom is 0.251 e. The zero-order valence-corrected chi connectivity index (χ0v) is 18.1. The summed E-state index contributed by atoms with van der Waals surface area (Å²) in [6.45, 7) is 2.03. The molecule has 1 saturated carbocycles. The van der Waals surface area contributed by atoms with Gasteiger partial charge in [0.25, 0.3) is 5.91 Å². The molecule has 5 nitrogen and oxygen atoms in total. The van der Waals surface area contributed by atoms with Crippen LogP contribution in [0.5, 0.6) is 5.75 Å². The maximum atomic E-state index is 12.9. The number of carbonyl (C=O) groups excluding carboxylic acids is 1. The zero-order chi connectivity index (χ0) is 21.1. The second-order valence-corrected chi connectivity index (χ2v) is 8.76. The van der Waals surface area contributed by atoms with Crippen LogP contribution in [-0.2, 0) is 10.2 Å². The lowest BCUT2D eigenvalue weighted by atomic mass is 9.57. The van der Waals surface area contributed by atoms with Crippen molar-refractivity contribution in [2.75, 3.05) is 34.4 Å². The van der Waals surface area contributed by atoms with Crippen molar-refractivity contribution >= 4 is 5.91 Å². The van der Waals surface area contributed by atoms with Crippen LogP contribution in [0.3, 0.4) is 0 Å². The summed E-state index contributed by atoms with van der Waals surface area (Å²) in [4.78, 5) is 15.3. The van der Waals surface area contributed by atoms with E-state index in [1.807, 2.05) is 36.4 Å². The Kier molecular flexibility index (Phi) is 6.11. The molecule has 1 aliphatic carbocycles. The highest BCUT2D eigenvalue weighted by Crippen LogP contribution is 2.50. The summed E-state index contributed by atoms with van der Waals surface area (Å²) >= 11 is 0. The average Bonchev–Trinajstić information content (AvgIpc) is 2.79. The minimum Gasteiger partial charge on any atom is -0.497 e. The van der Waals surface area contributed by atoms with E-state index in [4.69, 9.17) is 9.47 Å². The molecule has 2 aliphatic rings. The molecule has 5 heteroatoms. The topological polar surface area (TPSA) is 50.8 Å². The van der Waals surface area contributed by atoms with Gasteiger partial charge in [-0.25, -0.2) is 0 Å². The number of hydrogen-bond acceptors (Lipinski definition) is 4. The predicted molar refractivity (Wildman–Crippen MR) is 118 cm³/mol. The smallest absolute Gasteiger partial charge is 0.251 e. The molecule has 1 aliphatic heterocycles. The lowest BCUT2D eigenvalue weighted by Crippen LogP contribution is -2.60. The monoisotopic (exact) mass is 408 g/mol. The summed E-state index contributed by atoms with van der Waals surface area (Å²) in [6.07, 6.45) is 2.88. The van der Waals surface area contributed by atoms with E-state index in [2.05, 4.69) is 35.5 Å². The Bertz CT molecular complexity index is 872. The van der Waals surface area contributed by atoms with E-state index >= 15 is 0 Å². The summed E-state index contributed by atoms with van der Waals surface area (Å²) in [5, 5.41) is 3.30. The molecule has 160 valence electrons. The molecule has 0 bridgehead atoms. The number of piperidine rings is 1. The number of benzene rings is 2. The predicted octanol–water partition coefficient (Wildman–Crippen LogP) is 3.49. The molecule has 2 fully saturated rings. The van der Waals surface area contributed by atoms with E-state index in [0.717, 1.165) is 38.1 Å². The van der Waals surface area contributed by atoms with Gasteiger partial charge in [0.15, 0.2) is 0 Å². The summed E-state index contributed by atoms with van der Waals surface area (Å²) in [7, 11) is 5.70. The van der Waals surface area contributed by atoms with Crippen LogP contribution >= 0.6 is 0 Å². The van der Waals surface area contributed by atoms with Crippen molar-refractivity contribution < 1.29 is 14.3 Å². The molecule has 3 unspecified atom stereocenters. The molecular weight excluding hydrogens is 376 g/mol. The summed E-state index contributed by atoms with van der Waals surface area (Å²) in [5.41, 5.74) is 1.95. The van der Waals surface area contributed by atoms with Gasteiger partial charge in [-0.2, -0.15) is 0 Å². The van der Waals surface area contributed by atoms with Crippen LogP contribution in [0.4, 0.5) is 0 Å². The highest BCUT2D eigenvalue weighted by molar-refractivity contribution is 5.94. The molecule has 1 N–H and O–H groups in total. The highest BCUT2D eigenvalue weighted by atomic mass is 16.5. The fourth-order valence-electron chi connectivity index (χ4n) is 5.51. The van der Waals surface area contributed by atoms with Gasteiger partial charge in [-0.1, -0.05) is 30.3 Å². The SMILES string of the molecule is COc1cccc(C23CCN(C)CC2C(OC)C[C@@H](NC(=O)c2ccccc2)C3)c1. The van der Waals surface area contributed by atoms with Crippen LogP contribution in [0.15, 0.2) is 54.6 Å². The molecule has 0 spiro atoms. The number of carbonyl (C=O) groups is 1. The first-order chi connectivity index (χ1) is 14.6. The summed E-state index contributed by atoms with van der Waals surface area (Å²) in [5.74, 6) is 1.24. The van der Waals surface area contributed by atoms with Gasteiger partial charge in [0.05, 0.1) is 13.2 Å². The Balaban J connectivity index is 1.67. The number of amides is 1. The van der Waals surface area contributed by atoms with E-state index in [1.54, 1.807) is 14.2 Å². The van der Waals surface area contributed by atoms with Gasteiger partial charge < -0.3 is 19.7 Å². The first kappa shape index (κ1) is 20.9. The maximum absolute atomic E-state index is 12.9. The molecule has 2 aromatic carbocycles. The molecule has 0 aromatic heterocycles. The van der Waals surface area contributed by atoms with E-state index in [9.17, 15) is 4.79 Å². The van der Waals surface area contributed by atoms with E-state index < -0.39 is 0 Å². The van der Waals surface area contributed by atoms with Gasteiger partial charge in [-0.3, -0.25) is 4.79 Å². The third kappa shape index (κ3) is 3.96. The molecule has 0 radical (unpaired) electrons. The molecule has 1 saturated heterocycles. The molecule has 4 rings (SSSR count). The lowest BCUT2D eigenvalue weighted by Gasteiger charge is -2.55. The Morgan fingerprint density at radius 2 is 1.93 bits per heavy atom. The molecule has 2 aromatic rings. The first-order valence-electron chi connectivity index (χ1n) is 10.8. The fourth-order valence-corrected chi connectivity index (χ4v) is 5.51. The van der Waals surface area contributed by atoms with Crippen molar-refractivity contribution in [3.63, 3.8) is 0 Å². The Morgan fingerprint density at radius 3 is 2.67 bits per heavy atom. The van der Waals surface area contributed by atoms with Crippen molar-refractivity contribution in [3.05, 3.63) is 65.7 Å². The van der Waals surface area contributed by atoms with Crippen molar-refractivity contribution in [1.82, 2.24) is 10.2 Å². The average molecular weight is 409 g/mol. The van der Waals surface area contributed by atoms with Crippen molar-refractivity contribution in [3.8, 4) is 5.75 Å². The number of methoxy groups -OCH3 is 2. The Morgan fingerprint density at radius 1 is 1.13 bits per heavy atom. The Hall–Kier alpha value is -2.37. The minimum atomic E-state index is -0.0470. The van der Waals surface area contributed by atoms with Gasteiger partial charge in [0, 0.05) is 36.6 Å². The fraction of sp³-hybridized carbons (Fsp3) is 0.480. The van der Waals surface area contributed by atoms with E-state index in [-0.39, 0.29) is 23.5 Å². The van der Waals surface area contributed by atoms with Gasteiger partial charge in [0.2, 0.25) is 0 Å². The van der Waals surface area contributed by atoms with Crippen molar-refractivity contribution in [1.29, 1.82) is 0 Å². The lowest BCUT2D eigenvalue weighted by molar-refractivity contribution is -0.0629. The summed E-state index contributed by atoms with van der Waals surface area (Å²) < 4.78 is 11.6. The number of rotatable bonds is 5. The highest BCUT2D eigenvalue weighted by Gasteiger charge is 2.52. The van der Waals surface area contributed by atoms with Crippen LogP contribution in [0.1, 0.15) is 35.2 Å². The number of nitrogens with zero attached hydrogens (tertiary/aromatic N) is 1. The van der Waals surface area contributed by atoms with Crippen LogP contribution in [0.2, 0.25) is 0 Å². The Labute approximate surface area is 179 Å². The number of nitrogens with one attached hydrogen (secondary N) is 1. The first-order valence-corrected chi connectivity index (χ1v) is 10.8. The third-order valence-corrected chi connectivity index (χ3v) is 7.05.